The highest BCUT2D eigenvalue weighted by molar-refractivity contribution is 6.32. The second-order valence-corrected chi connectivity index (χ2v) is 6.70. The van der Waals surface area contributed by atoms with Crippen LogP contribution in [0.1, 0.15) is 27.9 Å². The molecule has 0 atom stereocenters. The first kappa shape index (κ1) is 17.9. The summed E-state index contributed by atoms with van der Waals surface area (Å²) in [6.45, 7) is 7.67. The van der Waals surface area contributed by atoms with Gasteiger partial charge in [0.1, 0.15) is 11.0 Å². The summed E-state index contributed by atoms with van der Waals surface area (Å²) in [6.07, 6.45) is 1.51. The summed E-state index contributed by atoms with van der Waals surface area (Å²) in [5, 5.41) is 9.16. The quantitative estimate of drug-likeness (QED) is 0.719. The Labute approximate surface area is 156 Å². The van der Waals surface area contributed by atoms with Gasteiger partial charge < -0.3 is 5.73 Å². The topological polar surface area (TPSA) is 78.2 Å². The first-order valence-electron chi connectivity index (χ1n) is 8.14. The molecule has 26 heavy (non-hydrogen) atoms. The normalized spacial score (nSPS) is 11.4. The first-order chi connectivity index (χ1) is 12.3. The summed E-state index contributed by atoms with van der Waals surface area (Å²) in [5.74, 6) is 0.266. The summed E-state index contributed by atoms with van der Waals surface area (Å²) in [6, 6.07) is 9.25. The van der Waals surface area contributed by atoms with Crippen molar-refractivity contribution in [1.82, 2.24) is 14.5 Å². The van der Waals surface area contributed by atoms with Crippen molar-refractivity contribution in [2.75, 3.05) is 5.73 Å². The molecule has 2 N–H and O–H groups in total. The van der Waals surface area contributed by atoms with E-state index in [1.54, 1.807) is 17.7 Å². The molecule has 0 saturated heterocycles. The number of hydrogen-bond acceptors (Lipinski definition) is 4. The number of halogens is 1. The Morgan fingerprint density at radius 3 is 2.54 bits per heavy atom. The minimum Gasteiger partial charge on any atom is -0.384 e. The van der Waals surface area contributed by atoms with Crippen LogP contribution in [-0.2, 0) is 0 Å². The maximum atomic E-state index is 12.1. The number of nitrogens with zero attached hydrogens (tertiary/aromatic N) is 4. The Morgan fingerprint density at radius 2 is 1.85 bits per heavy atom. The molecule has 6 nitrogen and oxygen atoms in total. The van der Waals surface area contributed by atoms with Gasteiger partial charge in [0.2, 0.25) is 0 Å². The molecule has 2 aromatic heterocycles. The fourth-order valence-corrected chi connectivity index (χ4v) is 3.04. The minimum atomic E-state index is -0.297. The van der Waals surface area contributed by atoms with Crippen molar-refractivity contribution in [3.63, 3.8) is 0 Å². The van der Waals surface area contributed by atoms with Crippen LogP contribution in [0, 0.1) is 27.7 Å². The van der Waals surface area contributed by atoms with E-state index in [1.165, 1.54) is 12.3 Å². The number of rotatable bonds is 3. The van der Waals surface area contributed by atoms with Gasteiger partial charge >= 0.3 is 0 Å². The SMILES string of the molecule is Cc1ccc(C)c(-n2nc(C)c(C=Nn3c(N)cc(C)cc3=O)c2Cl)c1. The average molecular weight is 370 g/mol. The van der Waals surface area contributed by atoms with Crippen LogP contribution in [-0.4, -0.2) is 20.7 Å². The maximum absolute atomic E-state index is 12.1. The summed E-state index contributed by atoms with van der Waals surface area (Å²) < 4.78 is 2.82. The molecule has 0 aliphatic carbocycles. The number of anilines is 1. The molecule has 0 saturated carbocycles. The molecule has 0 amide bonds. The molecule has 7 heteroatoms. The first-order valence-corrected chi connectivity index (χ1v) is 8.52. The van der Waals surface area contributed by atoms with Gasteiger partial charge in [0.15, 0.2) is 0 Å². The van der Waals surface area contributed by atoms with E-state index < -0.39 is 0 Å². The van der Waals surface area contributed by atoms with Crippen LogP contribution < -0.4 is 11.3 Å². The van der Waals surface area contributed by atoms with Gasteiger partial charge in [-0.05, 0) is 56.5 Å². The number of hydrogen-bond donors (Lipinski definition) is 1. The van der Waals surface area contributed by atoms with E-state index in [4.69, 9.17) is 17.3 Å². The molecule has 0 unspecified atom stereocenters. The number of benzene rings is 1. The van der Waals surface area contributed by atoms with Gasteiger partial charge in [0.05, 0.1) is 23.2 Å². The van der Waals surface area contributed by atoms with Crippen LogP contribution in [0.3, 0.4) is 0 Å². The molecule has 1 aromatic carbocycles. The zero-order chi connectivity index (χ0) is 19.0. The molecule has 0 fully saturated rings. The number of nitrogen functional groups attached to an aromatic ring is 1. The van der Waals surface area contributed by atoms with E-state index in [0.29, 0.717) is 16.4 Å². The maximum Gasteiger partial charge on any atom is 0.273 e. The van der Waals surface area contributed by atoms with E-state index in [1.807, 2.05) is 39.0 Å². The predicted octanol–water partition coefficient (Wildman–Crippen LogP) is 3.39. The molecular weight excluding hydrogens is 350 g/mol. The summed E-state index contributed by atoms with van der Waals surface area (Å²) in [7, 11) is 0. The molecule has 3 rings (SSSR count). The highest BCUT2D eigenvalue weighted by Crippen LogP contribution is 2.25. The Kier molecular flexibility index (Phi) is 4.70. The monoisotopic (exact) mass is 369 g/mol. The van der Waals surface area contributed by atoms with Crippen LogP contribution in [0.15, 0.2) is 40.2 Å². The molecule has 134 valence electrons. The van der Waals surface area contributed by atoms with Crippen molar-refractivity contribution >= 4 is 23.6 Å². The Balaban J connectivity index is 2.07. The largest absolute Gasteiger partial charge is 0.384 e. The van der Waals surface area contributed by atoms with E-state index in [2.05, 4.69) is 10.2 Å². The minimum absolute atomic E-state index is 0.266. The van der Waals surface area contributed by atoms with E-state index >= 15 is 0 Å². The molecule has 0 bridgehead atoms. The summed E-state index contributed by atoms with van der Waals surface area (Å²) in [5.41, 5.74) is 10.8. The van der Waals surface area contributed by atoms with Crippen LogP contribution in [0.5, 0.6) is 0 Å². The van der Waals surface area contributed by atoms with Crippen molar-refractivity contribution in [3.8, 4) is 5.69 Å². The van der Waals surface area contributed by atoms with Crippen molar-refractivity contribution in [1.29, 1.82) is 0 Å². The molecule has 0 radical (unpaired) electrons. The summed E-state index contributed by atoms with van der Waals surface area (Å²) in [4.78, 5) is 12.1. The predicted molar refractivity (Wildman–Crippen MR) is 106 cm³/mol. The van der Waals surface area contributed by atoms with E-state index in [0.717, 1.165) is 27.1 Å². The van der Waals surface area contributed by atoms with Gasteiger partial charge in [-0.3, -0.25) is 4.79 Å². The lowest BCUT2D eigenvalue weighted by Gasteiger charge is -2.08. The van der Waals surface area contributed by atoms with Gasteiger partial charge in [-0.15, -0.1) is 0 Å². The Bertz CT molecular complexity index is 1080. The third-order valence-electron chi connectivity index (χ3n) is 4.12. The van der Waals surface area contributed by atoms with Crippen LogP contribution in [0.2, 0.25) is 5.15 Å². The van der Waals surface area contributed by atoms with Crippen LogP contribution in [0.4, 0.5) is 5.82 Å². The average Bonchev–Trinajstić information content (AvgIpc) is 2.83. The van der Waals surface area contributed by atoms with Gasteiger partial charge in [0, 0.05) is 6.07 Å². The lowest BCUT2D eigenvalue weighted by atomic mass is 10.1. The van der Waals surface area contributed by atoms with Crippen LogP contribution in [0.25, 0.3) is 5.69 Å². The second-order valence-electron chi connectivity index (χ2n) is 6.34. The lowest BCUT2D eigenvalue weighted by molar-refractivity contribution is 0.843. The van der Waals surface area contributed by atoms with Gasteiger partial charge in [0.25, 0.3) is 5.56 Å². The number of aryl methyl sites for hydroxylation is 4. The fourth-order valence-electron chi connectivity index (χ4n) is 2.72. The second kappa shape index (κ2) is 6.80. The molecular formula is C19H20ClN5O. The number of nitrogens with two attached hydrogens (primary N) is 1. The number of aromatic nitrogens is 3. The van der Waals surface area contributed by atoms with E-state index in [-0.39, 0.29) is 11.4 Å². The zero-order valence-electron chi connectivity index (χ0n) is 15.1. The van der Waals surface area contributed by atoms with Crippen molar-refractivity contribution < 1.29 is 0 Å². The molecule has 3 aromatic rings. The lowest BCUT2D eigenvalue weighted by Crippen LogP contribution is -2.19. The van der Waals surface area contributed by atoms with Gasteiger partial charge in [-0.1, -0.05) is 23.7 Å². The molecule has 0 aliphatic heterocycles. The van der Waals surface area contributed by atoms with Crippen molar-refractivity contribution in [2.24, 2.45) is 5.10 Å². The Hall–Kier alpha value is -2.86. The van der Waals surface area contributed by atoms with Crippen LogP contribution >= 0.6 is 11.6 Å². The molecule has 2 heterocycles. The fraction of sp³-hybridized carbons (Fsp3) is 0.211. The number of pyridine rings is 1. The highest BCUT2D eigenvalue weighted by Gasteiger charge is 2.15. The highest BCUT2D eigenvalue weighted by atomic mass is 35.5. The standard InChI is InChI=1S/C19H20ClN5O/c1-11-5-6-13(3)16(7-11)24-19(20)15(14(4)23-24)10-22-25-17(21)8-12(2)9-18(25)26/h5-10H,21H2,1-4H3. The van der Waals surface area contributed by atoms with Crippen molar-refractivity contribution in [2.45, 2.75) is 27.7 Å². The van der Waals surface area contributed by atoms with Gasteiger partial charge in [-0.25, -0.2) is 4.68 Å². The molecule has 0 aliphatic rings. The summed E-state index contributed by atoms with van der Waals surface area (Å²) >= 11 is 6.55. The van der Waals surface area contributed by atoms with Crippen molar-refractivity contribution in [3.05, 3.63) is 73.8 Å². The molecule has 0 spiro atoms. The van der Waals surface area contributed by atoms with E-state index in [9.17, 15) is 4.79 Å². The Morgan fingerprint density at radius 1 is 1.12 bits per heavy atom. The third-order valence-corrected chi connectivity index (χ3v) is 4.49. The zero-order valence-corrected chi connectivity index (χ0v) is 15.9. The smallest absolute Gasteiger partial charge is 0.273 e. The third kappa shape index (κ3) is 3.28. The van der Waals surface area contributed by atoms with Gasteiger partial charge in [-0.2, -0.15) is 14.9 Å².